The van der Waals surface area contributed by atoms with Gasteiger partial charge in [-0.3, -0.25) is 9.59 Å². The fourth-order valence-electron chi connectivity index (χ4n) is 2.94. The van der Waals surface area contributed by atoms with Crippen LogP contribution in [0.5, 0.6) is 0 Å². The second-order valence-electron chi connectivity index (χ2n) is 5.99. The van der Waals surface area contributed by atoms with Crippen LogP contribution in [-0.4, -0.2) is 55.2 Å². The second-order valence-corrected chi connectivity index (χ2v) is 5.99. The molecule has 2 aliphatic heterocycles. The monoisotopic (exact) mass is 332 g/mol. The van der Waals surface area contributed by atoms with Gasteiger partial charge in [0.25, 0.3) is 5.91 Å². The first-order valence-electron chi connectivity index (χ1n) is 8.09. The van der Waals surface area contributed by atoms with E-state index in [1.165, 1.54) is 0 Å². The zero-order valence-electron chi connectivity index (χ0n) is 13.3. The van der Waals surface area contributed by atoms with Crippen molar-refractivity contribution >= 4 is 18.0 Å². The molecule has 0 saturated carbocycles. The van der Waals surface area contributed by atoms with Crippen molar-refractivity contribution in [3.05, 3.63) is 35.9 Å². The number of carbonyl (C=O) groups is 3. The second kappa shape index (κ2) is 7.33. The average molecular weight is 332 g/mol. The third-order valence-corrected chi connectivity index (χ3v) is 4.22. The molecule has 0 spiro atoms. The molecule has 1 aromatic rings. The van der Waals surface area contributed by atoms with Gasteiger partial charge in [0.1, 0.15) is 6.61 Å². The number of nitrogens with one attached hydrogen (secondary N) is 1. The topological polar surface area (TPSA) is 84.9 Å². The van der Waals surface area contributed by atoms with Crippen LogP contribution in [0.25, 0.3) is 0 Å². The molecule has 2 heterocycles. The lowest BCUT2D eigenvalue weighted by Gasteiger charge is -2.31. The summed E-state index contributed by atoms with van der Waals surface area (Å²) in [7, 11) is 0. The van der Waals surface area contributed by atoms with Gasteiger partial charge in [-0.15, -0.1) is 0 Å². The summed E-state index contributed by atoms with van der Waals surface area (Å²) in [5.41, 5.74) is 0.621. The highest BCUT2D eigenvalue weighted by atomic mass is 16.6. The van der Waals surface area contributed by atoms with E-state index >= 15 is 0 Å². The molecule has 1 aromatic carbocycles. The van der Waals surface area contributed by atoms with Gasteiger partial charge in [-0.2, -0.15) is 0 Å². The van der Waals surface area contributed by atoms with Crippen molar-refractivity contribution in [1.82, 2.24) is 10.2 Å². The molecule has 2 atom stereocenters. The number of hydrogen-bond acceptors (Lipinski definition) is 5. The third-order valence-electron chi connectivity index (χ3n) is 4.22. The molecular formula is C17H20N2O5. The summed E-state index contributed by atoms with van der Waals surface area (Å²) in [5, 5.41) is 2.51. The molecule has 24 heavy (non-hydrogen) atoms. The summed E-state index contributed by atoms with van der Waals surface area (Å²) in [4.78, 5) is 37.3. The number of nitrogens with zero attached hydrogens (tertiary/aromatic N) is 1. The Bertz CT molecular complexity index is 619. The predicted octanol–water partition coefficient (Wildman–Crippen LogP) is 1.19. The van der Waals surface area contributed by atoms with Crippen LogP contribution < -0.4 is 5.32 Å². The molecule has 2 saturated heterocycles. The van der Waals surface area contributed by atoms with Gasteiger partial charge in [-0.1, -0.05) is 18.2 Å². The number of piperidine rings is 1. The van der Waals surface area contributed by atoms with E-state index in [0.29, 0.717) is 31.6 Å². The molecule has 1 N–H and O–H groups in total. The van der Waals surface area contributed by atoms with Gasteiger partial charge in [0.2, 0.25) is 0 Å². The Morgan fingerprint density at radius 2 is 2.08 bits per heavy atom. The number of ether oxygens (including phenoxy) is 2. The summed E-state index contributed by atoms with van der Waals surface area (Å²) in [5.74, 6) is -0.748. The first-order chi connectivity index (χ1) is 11.6. The largest absolute Gasteiger partial charge is 0.461 e. The Morgan fingerprint density at radius 1 is 1.29 bits per heavy atom. The molecule has 7 heteroatoms. The van der Waals surface area contributed by atoms with Crippen LogP contribution >= 0.6 is 0 Å². The van der Waals surface area contributed by atoms with E-state index in [-0.39, 0.29) is 24.4 Å². The third kappa shape index (κ3) is 3.84. The van der Waals surface area contributed by atoms with E-state index in [1.807, 2.05) is 18.2 Å². The molecule has 0 bridgehead atoms. The van der Waals surface area contributed by atoms with E-state index in [9.17, 15) is 14.4 Å². The minimum atomic E-state index is -0.492. The molecule has 2 aliphatic rings. The van der Waals surface area contributed by atoms with Crippen LogP contribution in [0, 0.1) is 5.92 Å². The maximum absolute atomic E-state index is 12.5. The van der Waals surface area contributed by atoms with Gasteiger partial charge in [-0.05, 0) is 25.0 Å². The Balaban J connectivity index is 1.52. The Labute approximate surface area is 139 Å². The predicted molar refractivity (Wildman–Crippen MR) is 84.3 cm³/mol. The molecule has 1 unspecified atom stereocenters. The fraction of sp³-hybridized carbons (Fsp3) is 0.471. The number of esters is 1. The van der Waals surface area contributed by atoms with Crippen LogP contribution in [-0.2, 0) is 14.3 Å². The summed E-state index contributed by atoms with van der Waals surface area (Å²) in [6, 6.07) is 9.04. The lowest BCUT2D eigenvalue weighted by molar-refractivity contribution is -0.152. The molecule has 2 fully saturated rings. The van der Waals surface area contributed by atoms with Crippen molar-refractivity contribution in [3.63, 3.8) is 0 Å². The Hall–Kier alpha value is -2.57. The minimum absolute atomic E-state index is 0.0424. The Kier molecular flexibility index (Phi) is 4.98. The van der Waals surface area contributed by atoms with Crippen LogP contribution in [0.15, 0.2) is 30.3 Å². The van der Waals surface area contributed by atoms with Crippen molar-refractivity contribution in [1.29, 1.82) is 0 Å². The summed E-state index contributed by atoms with van der Waals surface area (Å²) >= 11 is 0. The molecule has 3 rings (SSSR count). The smallest absolute Gasteiger partial charge is 0.407 e. The number of carbonyl (C=O) groups excluding carboxylic acids is 3. The summed E-state index contributed by atoms with van der Waals surface area (Å²) in [6.45, 7) is 1.38. The number of cyclic esters (lactones) is 1. The normalized spacial score (nSPS) is 23.3. The molecule has 0 aliphatic carbocycles. The van der Waals surface area contributed by atoms with Crippen molar-refractivity contribution in [2.45, 2.75) is 18.9 Å². The highest BCUT2D eigenvalue weighted by molar-refractivity contribution is 5.94. The lowest BCUT2D eigenvalue weighted by Crippen LogP contribution is -2.43. The maximum Gasteiger partial charge on any atom is 0.407 e. The minimum Gasteiger partial charge on any atom is -0.461 e. The number of alkyl carbamates (subject to hydrolysis) is 1. The number of likely N-dealkylation sites (tertiary alicyclic amines) is 1. The zero-order chi connectivity index (χ0) is 16.9. The number of rotatable bonds is 4. The molecule has 2 amide bonds. The van der Waals surface area contributed by atoms with Gasteiger partial charge in [0, 0.05) is 18.7 Å². The lowest BCUT2D eigenvalue weighted by atomic mass is 9.97. The molecule has 128 valence electrons. The van der Waals surface area contributed by atoms with Gasteiger partial charge < -0.3 is 19.7 Å². The highest BCUT2D eigenvalue weighted by Crippen LogP contribution is 2.20. The SMILES string of the molecule is O=C1NC[C@H](COC(=O)C2CCCN(C(=O)c3ccccc3)C2)O1. The van der Waals surface area contributed by atoms with Crippen LogP contribution in [0.2, 0.25) is 0 Å². The summed E-state index contributed by atoms with van der Waals surface area (Å²) in [6.07, 6.45) is 0.527. The average Bonchev–Trinajstić information content (AvgIpc) is 3.05. The molecule has 7 nitrogen and oxygen atoms in total. The van der Waals surface area contributed by atoms with Gasteiger partial charge >= 0.3 is 12.1 Å². The number of hydrogen-bond donors (Lipinski definition) is 1. The molecular weight excluding hydrogens is 312 g/mol. The first kappa shape index (κ1) is 16.3. The number of amides is 2. The van der Waals surface area contributed by atoms with Crippen molar-refractivity contribution in [2.24, 2.45) is 5.92 Å². The zero-order valence-corrected chi connectivity index (χ0v) is 13.3. The first-order valence-corrected chi connectivity index (χ1v) is 8.09. The van der Waals surface area contributed by atoms with E-state index in [1.54, 1.807) is 17.0 Å². The van der Waals surface area contributed by atoms with Crippen molar-refractivity contribution in [3.8, 4) is 0 Å². The van der Waals surface area contributed by atoms with Crippen LogP contribution in [0.3, 0.4) is 0 Å². The van der Waals surface area contributed by atoms with Gasteiger partial charge in [0.05, 0.1) is 12.5 Å². The van der Waals surface area contributed by atoms with Gasteiger partial charge in [0.15, 0.2) is 6.10 Å². The standard InChI is InChI=1S/C17H20N2O5/c20-15(12-5-2-1-3-6-12)19-8-4-7-13(10-19)16(21)23-11-14-9-18-17(22)24-14/h1-3,5-6,13-14H,4,7-11H2,(H,18,22)/t13?,14-/m1/s1. The van der Waals surface area contributed by atoms with Crippen LogP contribution in [0.4, 0.5) is 4.79 Å². The van der Waals surface area contributed by atoms with E-state index in [2.05, 4.69) is 5.32 Å². The van der Waals surface area contributed by atoms with E-state index < -0.39 is 12.2 Å². The molecule has 0 radical (unpaired) electrons. The fourth-order valence-corrected chi connectivity index (χ4v) is 2.94. The van der Waals surface area contributed by atoms with Crippen molar-refractivity contribution in [2.75, 3.05) is 26.2 Å². The maximum atomic E-state index is 12.5. The Morgan fingerprint density at radius 3 is 2.79 bits per heavy atom. The number of benzene rings is 1. The molecule has 0 aromatic heterocycles. The van der Waals surface area contributed by atoms with Crippen LogP contribution in [0.1, 0.15) is 23.2 Å². The quantitative estimate of drug-likeness (QED) is 0.837. The summed E-state index contributed by atoms with van der Waals surface area (Å²) < 4.78 is 10.2. The van der Waals surface area contributed by atoms with Gasteiger partial charge in [-0.25, -0.2) is 4.79 Å². The highest BCUT2D eigenvalue weighted by Gasteiger charge is 2.31. The van der Waals surface area contributed by atoms with E-state index in [0.717, 1.165) is 6.42 Å². The van der Waals surface area contributed by atoms with E-state index in [4.69, 9.17) is 9.47 Å². The van der Waals surface area contributed by atoms with Crippen molar-refractivity contribution < 1.29 is 23.9 Å².